The second-order valence-electron chi connectivity index (χ2n) is 6.87. The Bertz CT molecular complexity index is 680. The first-order chi connectivity index (χ1) is 12.2. The van der Waals surface area contributed by atoms with Crippen molar-refractivity contribution in [2.45, 2.75) is 45.4 Å². The van der Waals surface area contributed by atoms with Gasteiger partial charge < -0.3 is 9.47 Å². The number of carbonyl (C=O) groups is 1. The molecule has 2 aromatic carbocycles. The van der Waals surface area contributed by atoms with Crippen molar-refractivity contribution >= 4 is 5.97 Å². The molecule has 1 aliphatic carbocycles. The SMILES string of the molecule is CCOc1ccc(OC(=O)c2ccc(C3CCC(C)CC3)cc2)cc1. The molecule has 2 aromatic rings. The monoisotopic (exact) mass is 338 g/mol. The molecule has 0 saturated heterocycles. The van der Waals surface area contributed by atoms with E-state index in [0.29, 0.717) is 23.8 Å². The lowest BCUT2D eigenvalue weighted by atomic mass is 9.79. The fourth-order valence-electron chi connectivity index (χ4n) is 3.42. The van der Waals surface area contributed by atoms with Crippen molar-refractivity contribution in [3.63, 3.8) is 0 Å². The summed E-state index contributed by atoms with van der Waals surface area (Å²) in [6.45, 7) is 4.88. The van der Waals surface area contributed by atoms with Crippen LogP contribution in [0.5, 0.6) is 11.5 Å². The quantitative estimate of drug-likeness (QED) is 0.526. The van der Waals surface area contributed by atoms with E-state index in [2.05, 4.69) is 19.1 Å². The molecule has 3 rings (SSSR count). The van der Waals surface area contributed by atoms with Gasteiger partial charge in [0.2, 0.25) is 0 Å². The summed E-state index contributed by atoms with van der Waals surface area (Å²) in [4.78, 5) is 12.3. The molecule has 1 aliphatic rings. The molecular weight excluding hydrogens is 312 g/mol. The maximum absolute atomic E-state index is 12.3. The van der Waals surface area contributed by atoms with Crippen molar-refractivity contribution in [1.29, 1.82) is 0 Å². The lowest BCUT2D eigenvalue weighted by Gasteiger charge is -2.26. The van der Waals surface area contributed by atoms with Gasteiger partial charge in [-0.1, -0.05) is 31.9 Å². The summed E-state index contributed by atoms with van der Waals surface area (Å²) in [7, 11) is 0. The average Bonchev–Trinajstić information content (AvgIpc) is 2.64. The number of hydrogen-bond acceptors (Lipinski definition) is 3. The van der Waals surface area contributed by atoms with E-state index in [-0.39, 0.29) is 5.97 Å². The third kappa shape index (κ3) is 4.62. The van der Waals surface area contributed by atoms with Gasteiger partial charge in [-0.2, -0.15) is 0 Å². The first kappa shape index (κ1) is 17.5. The zero-order valence-electron chi connectivity index (χ0n) is 15.0. The molecule has 3 nitrogen and oxygen atoms in total. The fraction of sp³-hybridized carbons (Fsp3) is 0.409. The Labute approximate surface area is 150 Å². The van der Waals surface area contributed by atoms with Crippen LogP contribution >= 0.6 is 0 Å². The normalized spacial score (nSPS) is 20.1. The Kier molecular flexibility index (Phi) is 5.75. The van der Waals surface area contributed by atoms with E-state index in [1.165, 1.54) is 31.2 Å². The molecule has 3 heteroatoms. The molecule has 0 spiro atoms. The highest BCUT2D eigenvalue weighted by Gasteiger charge is 2.20. The summed E-state index contributed by atoms with van der Waals surface area (Å²) in [5, 5.41) is 0. The van der Waals surface area contributed by atoms with Crippen LogP contribution in [0.4, 0.5) is 0 Å². The van der Waals surface area contributed by atoms with Crippen LogP contribution < -0.4 is 9.47 Å². The molecule has 0 radical (unpaired) electrons. The molecular formula is C22H26O3. The van der Waals surface area contributed by atoms with Gasteiger partial charge in [0.05, 0.1) is 12.2 Å². The van der Waals surface area contributed by atoms with Gasteiger partial charge in [-0.05, 0) is 73.6 Å². The first-order valence-electron chi connectivity index (χ1n) is 9.20. The molecule has 0 amide bonds. The van der Waals surface area contributed by atoms with Crippen LogP contribution in [0, 0.1) is 5.92 Å². The fourth-order valence-corrected chi connectivity index (χ4v) is 3.42. The second kappa shape index (κ2) is 8.19. The summed E-state index contributed by atoms with van der Waals surface area (Å²) in [5.74, 6) is 2.45. The largest absolute Gasteiger partial charge is 0.494 e. The standard InChI is InChI=1S/C22H26O3/c1-3-24-20-12-14-21(15-13-20)25-22(23)19-10-8-18(9-11-19)17-6-4-16(2)5-7-17/h8-17H,3-7H2,1-2H3. The molecule has 0 aromatic heterocycles. The molecule has 1 fully saturated rings. The van der Waals surface area contributed by atoms with Crippen LogP contribution in [0.3, 0.4) is 0 Å². The highest BCUT2D eigenvalue weighted by molar-refractivity contribution is 5.91. The van der Waals surface area contributed by atoms with Gasteiger partial charge in [-0.3, -0.25) is 0 Å². The molecule has 132 valence electrons. The van der Waals surface area contributed by atoms with E-state index in [1.54, 1.807) is 24.3 Å². The molecule has 25 heavy (non-hydrogen) atoms. The van der Waals surface area contributed by atoms with Crippen LogP contribution in [0.15, 0.2) is 48.5 Å². The average molecular weight is 338 g/mol. The maximum atomic E-state index is 12.3. The molecule has 0 bridgehead atoms. The Hall–Kier alpha value is -2.29. The molecule has 0 unspecified atom stereocenters. The maximum Gasteiger partial charge on any atom is 0.343 e. The van der Waals surface area contributed by atoms with Crippen LogP contribution in [0.1, 0.15) is 61.4 Å². The van der Waals surface area contributed by atoms with E-state index in [1.807, 2.05) is 19.1 Å². The predicted molar refractivity (Wildman–Crippen MR) is 99.4 cm³/mol. The minimum Gasteiger partial charge on any atom is -0.494 e. The van der Waals surface area contributed by atoms with Crippen molar-refractivity contribution in [3.8, 4) is 11.5 Å². The third-order valence-corrected chi connectivity index (χ3v) is 4.98. The van der Waals surface area contributed by atoms with Crippen molar-refractivity contribution in [3.05, 3.63) is 59.7 Å². The van der Waals surface area contributed by atoms with Gasteiger partial charge in [0.25, 0.3) is 0 Å². The van der Waals surface area contributed by atoms with Crippen molar-refractivity contribution in [1.82, 2.24) is 0 Å². The number of benzene rings is 2. The van der Waals surface area contributed by atoms with Gasteiger partial charge >= 0.3 is 5.97 Å². The van der Waals surface area contributed by atoms with E-state index < -0.39 is 0 Å². The Balaban J connectivity index is 1.60. The van der Waals surface area contributed by atoms with Crippen LogP contribution in [-0.4, -0.2) is 12.6 Å². The van der Waals surface area contributed by atoms with Gasteiger partial charge in [-0.15, -0.1) is 0 Å². The van der Waals surface area contributed by atoms with Gasteiger partial charge in [0.1, 0.15) is 11.5 Å². The zero-order valence-corrected chi connectivity index (χ0v) is 15.0. The molecule has 0 atom stereocenters. The van der Waals surface area contributed by atoms with Crippen LogP contribution in [-0.2, 0) is 0 Å². The number of rotatable bonds is 5. The Morgan fingerprint density at radius 3 is 2.12 bits per heavy atom. The Morgan fingerprint density at radius 2 is 1.52 bits per heavy atom. The van der Waals surface area contributed by atoms with E-state index in [0.717, 1.165) is 11.7 Å². The number of ether oxygens (including phenoxy) is 2. The lowest BCUT2D eigenvalue weighted by molar-refractivity contribution is 0.0734. The minimum absolute atomic E-state index is 0.326. The number of carbonyl (C=O) groups excluding carboxylic acids is 1. The minimum atomic E-state index is -0.326. The van der Waals surface area contributed by atoms with Crippen LogP contribution in [0.2, 0.25) is 0 Å². The van der Waals surface area contributed by atoms with Gasteiger partial charge in [0, 0.05) is 0 Å². The van der Waals surface area contributed by atoms with E-state index >= 15 is 0 Å². The summed E-state index contributed by atoms with van der Waals surface area (Å²) >= 11 is 0. The molecule has 0 N–H and O–H groups in total. The van der Waals surface area contributed by atoms with Crippen molar-refractivity contribution in [2.24, 2.45) is 5.92 Å². The van der Waals surface area contributed by atoms with Gasteiger partial charge in [-0.25, -0.2) is 4.79 Å². The lowest BCUT2D eigenvalue weighted by Crippen LogP contribution is -2.12. The first-order valence-corrected chi connectivity index (χ1v) is 9.20. The van der Waals surface area contributed by atoms with Crippen molar-refractivity contribution < 1.29 is 14.3 Å². The summed E-state index contributed by atoms with van der Waals surface area (Å²) in [6.07, 6.45) is 5.09. The topological polar surface area (TPSA) is 35.5 Å². The molecule has 1 saturated carbocycles. The number of hydrogen-bond donors (Lipinski definition) is 0. The number of esters is 1. The highest BCUT2D eigenvalue weighted by Crippen LogP contribution is 2.35. The smallest absolute Gasteiger partial charge is 0.343 e. The summed E-state index contributed by atoms with van der Waals surface area (Å²) in [6, 6.07) is 15.0. The van der Waals surface area contributed by atoms with Crippen molar-refractivity contribution in [2.75, 3.05) is 6.61 Å². The Morgan fingerprint density at radius 1 is 0.920 bits per heavy atom. The highest BCUT2D eigenvalue weighted by atomic mass is 16.5. The zero-order chi connectivity index (χ0) is 17.6. The predicted octanol–water partition coefficient (Wildman–Crippen LogP) is 5.60. The summed E-state index contributed by atoms with van der Waals surface area (Å²) < 4.78 is 10.8. The molecule has 0 heterocycles. The third-order valence-electron chi connectivity index (χ3n) is 4.98. The second-order valence-corrected chi connectivity index (χ2v) is 6.87. The molecule has 0 aliphatic heterocycles. The van der Waals surface area contributed by atoms with Gasteiger partial charge in [0.15, 0.2) is 0 Å². The van der Waals surface area contributed by atoms with E-state index in [4.69, 9.17) is 9.47 Å². The van der Waals surface area contributed by atoms with E-state index in [9.17, 15) is 4.79 Å². The summed E-state index contributed by atoms with van der Waals surface area (Å²) in [5.41, 5.74) is 1.92. The van der Waals surface area contributed by atoms with Crippen LogP contribution in [0.25, 0.3) is 0 Å².